The zero-order chi connectivity index (χ0) is 13.8. The first kappa shape index (κ1) is 13.8. The van der Waals surface area contributed by atoms with Crippen LogP contribution in [0.2, 0.25) is 5.02 Å². The Hall–Kier alpha value is -1.66. The lowest BCUT2D eigenvalue weighted by molar-refractivity contribution is 0.102. The highest BCUT2D eigenvalue weighted by Gasteiger charge is 2.13. The Morgan fingerprint density at radius 3 is 2.84 bits per heavy atom. The van der Waals surface area contributed by atoms with Gasteiger partial charge in [0.25, 0.3) is 5.91 Å². The number of nitrogens with one attached hydrogen (secondary N) is 2. The summed E-state index contributed by atoms with van der Waals surface area (Å²) in [4.78, 5) is 21.3. The number of aryl methyl sites for hydroxylation is 1. The van der Waals surface area contributed by atoms with E-state index in [1.54, 1.807) is 12.3 Å². The fourth-order valence-corrected chi connectivity index (χ4v) is 2.32. The Kier molecular flexibility index (Phi) is 4.34. The summed E-state index contributed by atoms with van der Waals surface area (Å²) in [5.74, 6) is 0.327. The Morgan fingerprint density at radius 2 is 2.21 bits per heavy atom. The summed E-state index contributed by atoms with van der Waals surface area (Å²) in [6.45, 7) is 4.60. The molecule has 1 amide bonds. The minimum Gasteiger partial charge on any atom is -0.370 e. The number of thiazole rings is 1. The molecule has 0 radical (unpaired) electrons. The zero-order valence-corrected chi connectivity index (χ0v) is 12.1. The standard InChI is InChI=1S/C12H13ClN4OS/c1-3-14-10-4-8(9(13)6-15-10)11(18)17-12-16-5-7(2)19-12/h4-6H,3H2,1-2H3,(H,14,15)(H,16,17,18). The van der Waals surface area contributed by atoms with Crippen LogP contribution in [0.5, 0.6) is 0 Å². The van der Waals surface area contributed by atoms with Crippen LogP contribution in [0.4, 0.5) is 10.9 Å². The molecule has 0 unspecified atom stereocenters. The maximum Gasteiger partial charge on any atom is 0.259 e. The number of halogens is 1. The third kappa shape index (κ3) is 3.42. The van der Waals surface area contributed by atoms with E-state index >= 15 is 0 Å². The molecular formula is C12H13ClN4OS. The topological polar surface area (TPSA) is 66.9 Å². The zero-order valence-electron chi connectivity index (χ0n) is 10.5. The molecule has 0 aliphatic rings. The lowest BCUT2D eigenvalue weighted by atomic mass is 10.2. The van der Waals surface area contributed by atoms with Crippen molar-refractivity contribution in [1.29, 1.82) is 0 Å². The highest BCUT2D eigenvalue weighted by Crippen LogP contribution is 2.21. The summed E-state index contributed by atoms with van der Waals surface area (Å²) in [6, 6.07) is 1.63. The van der Waals surface area contributed by atoms with Crippen molar-refractivity contribution < 1.29 is 4.79 Å². The van der Waals surface area contributed by atoms with Gasteiger partial charge in [0.1, 0.15) is 5.82 Å². The average molecular weight is 297 g/mol. The van der Waals surface area contributed by atoms with Gasteiger partial charge < -0.3 is 5.32 Å². The number of carbonyl (C=O) groups is 1. The van der Waals surface area contributed by atoms with Gasteiger partial charge in [-0.3, -0.25) is 10.1 Å². The molecule has 0 spiro atoms. The molecule has 0 atom stereocenters. The van der Waals surface area contributed by atoms with E-state index in [2.05, 4.69) is 20.6 Å². The molecule has 0 aliphatic carbocycles. The predicted molar refractivity (Wildman–Crippen MR) is 78.2 cm³/mol. The molecule has 100 valence electrons. The second-order valence-corrected chi connectivity index (χ2v) is 5.45. The summed E-state index contributed by atoms with van der Waals surface area (Å²) in [5, 5.41) is 6.62. The minimum absolute atomic E-state index is 0.291. The summed E-state index contributed by atoms with van der Waals surface area (Å²) < 4.78 is 0. The number of anilines is 2. The van der Waals surface area contributed by atoms with Crippen molar-refractivity contribution in [3.63, 3.8) is 0 Å². The minimum atomic E-state index is -0.291. The summed E-state index contributed by atoms with van der Waals surface area (Å²) in [7, 11) is 0. The number of rotatable bonds is 4. The van der Waals surface area contributed by atoms with E-state index in [1.807, 2.05) is 13.8 Å². The maximum absolute atomic E-state index is 12.1. The van der Waals surface area contributed by atoms with Crippen molar-refractivity contribution in [1.82, 2.24) is 9.97 Å². The monoisotopic (exact) mass is 296 g/mol. The van der Waals surface area contributed by atoms with Gasteiger partial charge >= 0.3 is 0 Å². The van der Waals surface area contributed by atoms with Gasteiger partial charge in [0, 0.05) is 23.8 Å². The van der Waals surface area contributed by atoms with E-state index in [0.717, 1.165) is 11.4 Å². The Bertz CT molecular complexity index is 599. The second kappa shape index (κ2) is 5.99. The van der Waals surface area contributed by atoms with E-state index in [4.69, 9.17) is 11.6 Å². The predicted octanol–water partition coefficient (Wildman–Crippen LogP) is 3.18. The number of hydrogen-bond acceptors (Lipinski definition) is 5. The molecule has 0 aromatic carbocycles. The highest BCUT2D eigenvalue weighted by atomic mass is 35.5. The fourth-order valence-electron chi connectivity index (χ4n) is 1.47. The SMILES string of the molecule is CCNc1cc(C(=O)Nc2ncc(C)s2)c(Cl)cn1. The first-order valence-corrected chi connectivity index (χ1v) is 6.92. The van der Waals surface area contributed by atoms with Crippen molar-refractivity contribution in [2.24, 2.45) is 0 Å². The van der Waals surface area contributed by atoms with Crippen LogP contribution in [-0.4, -0.2) is 22.4 Å². The molecule has 2 rings (SSSR count). The Labute approximate surface area is 120 Å². The molecule has 2 aromatic rings. The quantitative estimate of drug-likeness (QED) is 0.909. The van der Waals surface area contributed by atoms with Gasteiger partial charge in [-0.1, -0.05) is 11.6 Å². The third-order valence-electron chi connectivity index (χ3n) is 2.30. The largest absolute Gasteiger partial charge is 0.370 e. The van der Waals surface area contributed by atoms with E-state index < -0.39 is 0 Å². The van der Waals surface area contributed by atoms with Crippen LogP contribution in [0.25, 0.3) is 0 Å². The van der Waals surface area contributed by atoms with Crippen LogP contribution < -0.4 is 10.6 Å². The van der Waals surface area contributed by atoms with Crippen molar-refractivity contribution in [3.05, 3.63) is 33.9 Å². The number of carbonyl (C=O) groups excluding carboxylic acids is 1. The van der Waals surface area contributed by atoms with Crippen molar-refractivity contribution >= 4 is 39.8 Å². The second-order valence-electron chi connectivity index (χ2n) is 3.81. The van der Waals surface area contributed by atoms with Gasteiger partial charge in [-0.25, -0.2) is 9.97 Å². The van der Waals surface area contributed by atoms with Crippen molar-refractivity contribution in [2.75, 3.05) is 17.2 Å². The van der Waals surface area contributed by atoms with Crippen LogP contribution in [0.1, 0.15) is 22.2 Å². The molecule has 0 saturated heterocycles. The van der Waals surface area contributed by atoms with Crippen LogP contribution in [0.15, 0.2) is 18.5 Å². The lowest BCUT2D eigenvalue weighted by Crippen LogP contribution is -2.13. The van der Waals surface area contributed by atoms with E-state index in [-0.39, 0.29) is 5.91 Å². The molecule has 0 aliphatic heterocycles. The third-order valence-corrected chi connectivity index (χ3v) is 3.43. The fraction of sp³-hybridized carbons (Fsp3) is 0.250. The van der Waals surface area contributed by atoms with Crippen LogP contribution in [0.3, 0.4) is 0 Å². The number of hydrogen-bond donors (Lipinski definition) is 2. The molecule has 0 bridgehead atoms. The van der Waals surface area contributed by atoms with Gasteiger partial charge in [0.15, 0.2) is 5.13 Å². The smallest absolute Gasteiger partial charge is 0.259 e. The molecule has 7 heteroatoms. The molecule has 2 aromatic heterocycles. The lowest BCUT2D eigenvalue weighted by Gasteiger charge is -2.07. The molecule has 5 nitrogen and oxygen atoms in total. The Balaban J connectivity index is 2.20. The Morgan fingerprint density at radius 1 is 1.42 bits per heavy atom. The maximum atomic E-state index is 12.1. The van der Waals surface area contributed by atoms with Crippen LogP contribution >= 0.6 is 22.9 Å². The van der Waals surface area contributed by atoms with Gasteiger partial charge in [0.05, 0.1) is 10.6 Å². The van der Waals surface area contributed by atoms with Crippen LogP contribution in [0, 0.1) is 6.92 Å². The number of nitrogens with zero attached hydrogens (tertiary/aromatic N) is 2. The molecular weight excluding hydrogens is 284 g/mol. The summed E-state index contributed by atoms with van der Waals surface area (Å²) in [6.07, 6.45) is 3.17. The summed E-state index contributed by atoms with van der Waals surface area (Å²) in [5.41, 5.74) is 0.375. The van der Waals surface area contributed by atoms with E-state index in [9.17, 15) is 4.79 Å². The van der Waals surface area contributed by atoms with E-state index in [0.29, 0.717) is 21.5 Å². The van der Waals surface area contributed by atoms with Crippen molar-refractivity contribution in [2.45, 2.75) is 13.8 Å². The molecule has 19 heavy (non-hydrogen) atoms. The molecule has 2 N–H and O–H groups in total. The van der Waals surface area contributed by atoms with E-state index in [1.165, 1.54) is 17.5 Å². The van der Waals surface area contributed by atoms with Gasteiger partial charge in [-0.05, 0) is 19.9 Å². The highest BCUT2D eigenvalue weighted by molar-refractivity contribution is 7.15. The first-order valence-electron chi connectivity index (χ1n) is 5.73. The summed E-state index contributed by atoms with van der Waals surface area (Å²) >= 11 is 7.41. The van der Waals surface area contributed by atoms with Crippen molar-refractivity contribution in [3.8, 4) is 0 Å². The normalized spacial score (nSPS) is 10.3. The number of aromatic nitrogens is 2. The van der Waals surface area contributed by atoms with Crippen LogP contribution in [-0.2, 0) is 0 Å². The van der Waals surface area contributed by atoms with Gasteiger partial charge in [-0.2, -0.15) is 0 Å². The number of pyridine rings is 1. The first-order chi connectivity index (χ1) is 9.10. The van der Waals surface area contributed by atoms with Gasteiger partial charge in [-0.15, -0.1) is 11.3 Å². The number of amides is 1. The average Bonchev–Trinajstić information content (AvgIpc) is 2.77. The molecule has 0 saturated carbocycles. The molecule has 0 fully saturated rings. The molecule has 2 heterocycles. The van der Waals surface area contributed by atoms with Gasteiger partial charge in [0.2, 0.25) is 0 Å².